The summed E-state index contributed by atoms with van der Waals surface area (Å²) < 4.78 is 12.8. The molecule has 0 aromatic heterocycles. The van der Waals surface area contributed by atoms with Crippen LogP contribution in [0.2, 0.25) is 0 Å². The molecular formula is C11H14FNO2. The second kappa shape index (κ2) is 5.46. The Morgan fingerprint density at radius 3 is 2.93 bits per heavy atom. The Labute approximate surface area is 87.9 Å². The molecule has 0 aliphatic heterocycles. The first-order valence-electron chi connectivity index (χ1n) is 4.76. The first-order chi connectivity index (χ1) is 7.11. The molecule has 3 nitrogen and oxygen atoms in total. The van der Waals surface area contributed by atoms with Crippen molar-refractivity contribution in [2.24, 2.45) is 0 Å². The normalized spacial score (nSPS) is 12.2. The summed E-state index contributed by atoms with van der Waals surface area (Å²) >= 11 is 0. The number of carbonyl (C=O) groups excluding carboxylic acids is 1. The predicted octanol–water partition coefficient (Wildman–Crippen LogP) is 0.865. The molecule has 0 spiro atoms. The summed E-state index contributed by atoms with van der Waals surface area (Å²) in [6, 6.07) is 5.63. The van der Waals surface area contributed by atoms with Crippen LogP contribution in [0.15, 0.2) is 24.3 Å². The van der Waals surface area contributed by atoms with Gasteiger partial charge in [-0.15, -0.1) is 0 Å². The lowest BCUT2D eigenvalue weighted by atomic mass is 10.1. The van der Waals surface area contributed by atoms with E-state index in [9.17, 15) is 9.18 Å². The first kappa shape index (κ1) is 11.7. The molecule has 0 radical (unpaired) electrons. The summed E-state index contributed by atoms with van der Waals surface area (Å²) in [7, 11) is 0. The average Bonchev–Trinajstić information content (AvgIpc) is 2.17. The van der Waals surface area contributed by atoms with Crippen molar-refractivity contribution in [2.45, 2.75) is 19.4 Å². The van der Waals surface area contributed by atoms with Gasteiger partial charge in [0.2, 0.25) is 5.91 Å². The number of benzene rings is 1. The second-order valence-electron chi connectivity index (χ2n) is 3.46. The average molecular weight is 211 g/mol. The van der Waals surface area contributed by atoms with Gasteiger partial charge in [0.15, 0.2) is 0 Å². The Morgan fingerprint density at radius 1 is 1.60 bits per heavy atom. The van der Waals surface area contributed by atoms with E-state index >= 15 is 0 Å². The molecule has 0 aliphatic carbocycles. The third-order valence-corrected chi connectivity index (χ3v) is 1.93. The molecule has 15 heavy (non-hydrogen) atoms. The SMILES string of the molecule is C[C@@H](CO)NC(=O)Cc1cccc(F)c1. The zero-order valence-electron chi connectivity index (χ0n) is 8.53. The fourth-order valence-electron chi connectivity index (χ4n) is 1.20. The maximum atomic E-state index is 12.8. The quantitative estimate of drug-likeness (QED) is 0.776. The molecule has 2 N–H and O–H groups in total. The molecule has 4 heteroatoms. The highest BCUT2D eigenvalue weighted by atomic mass is 19.1. The maximum Gasteiger partial charge on any atom is 0.224 e. The largest absolute Gasteiger partial charge is 0.394 e. The summed E-state index contributed by atoms with van der Waals surface area (Å²) in [5.41, 5.74) is 0.623. The number of rotatable bonds is 4. The molecule has 0 saturated carbocycles. The van der Waals surface area contributed by atoms with E-state index < -0.39 is 0 Å². The van der Waals surface area contributed by atoms with E-state index in [4.69, 9.17) is 5.11 Å². The Kier molecular flexibility index (Phi) is 4.24. The van der Waals surface area contributed by atoms with E-state index in [1.807, 2.05) is 0 Å². The molecule has 1 aromatic carbocycles. The zero-order valence-corrected chi connectivity index (χ0v) is 8.53. The number of nitrogens with one attached hydrogen (secondary N) is 1. The number of halogens is 1. The van der Waals surface area contributed by atoms with Gasteiger partial charge in [-0.1, -0.05) is 12.1 Å². The van der Waals surface area contributed by atoms with E-state index in [1.165, 1.54) is 12.1 Å². The van der Waals surface area contributed by atoms with Crippen LogP contribution >= 0.6 is 0 Å². The maximum absolute atomic E-state index is 12.8. The van der Waals surface area contributed by atoms with Crippen molar-refractivity contribution in [3.8, 4) is 0 Å². The summed E-state index contributed by atoms with van der Waals surface area (Å²) in [4.78, 5) is 11.3. The van der Waals surface area contributed by atoms with E-state index in [0.717, 1.165) is 0 Å². The second-order valence-corrected chi connectivity index (χ2v) is 3.46. The number of aliphatic hydroxyl groups is 1. The van der Waals surface area contributed by atoms with Crippen LogP contribution < -0.4 is 5.32 Å². The van der Waals surface area contributed by atoms with E-state index in [-0.39, 0.29) is 30.8 Å². The summed E-state index contributed by atoms with van der Waals surface area (Å²) in [5, 5.41) is 11.3. The number of aliphatic hydroxyl groups excluding tert-OH is 1. The van der Waals surface area contributed by atoms with Gasteiger partial charge in [0, 0.05) is 6.04 Å². The Hall–Kier alpha value is -1.42. The molecule has 0 saturated heterocycles. The predicted molar refractivity (Wildman–Crippen MR) is 54.8 cm³/mol. The molecule has 0 heterocycles. The van der Waals surface area contributed by atoms with Crippen molar-refractivity contribution in [3.05, 3.63) is 35.6 Å². The highest BCUT2D eigenvalue weighted by Crippen LogP contribution is 2.04. The minimum absolute atomic E-state index is 0.102. The highest BCUT2D eigenvalue weighted by Gasteiger charge is 2.07. The van der Waals surface area contributed by atoms with Gasteiger partial charge in [-0.3, -0.25) is 4.79 Å². The number of hydrogen-bond acceptors (Lipinski definition) is 2. The first-order valence-corrected chi connectivity index (χ1v) is 4.76. The van der Waals surface area contributed by atoms with Gasteiger partial charge in [-0.25, -0.2) is 4.39 Å². The van der Waals surface area contributed by atoms with Crippen molar-refractivity contribution >= 4 is 5.91 Å². The third-order valence-electron chi connectivity index (χ3n) is 1.93. The third kappa shape index (κ3) is 4.08. The van der Waals surface area contributed by atoms with Crippen molar-refractivity contribution < 1.29 is 14.3 Å². The molecular weight excluding hydrogens is 197 g/mol. The molecule has 0 aliphatic rings. The van der Waals surface area contributed by atoms with Crippen LogP contribution in [0, 0.1) is 5.82 Å². The van der Waals surface area contributed by atoms with Crippen molar-refractivity contribution in [1.82, 2.24) is 5.32 Å². The minimum atomic E-state index is -0.351. The zero-order chi connectivity index (χ0) is 11.3. The molecule has 82 valence electrons. The summed E-state index contributed by atoms with van der Waals surface area (Å²) in [6.07, 6.45) is 0.127. The molecule has 1 rings (SSSR count). The number of amides is 1. The van der Waals surface area contributed by atoms with Gasteiger partial charge in [-0.05, 0) is 24.6 Å². The van der Waals surface area contributed by atoms with Crippen molar-refractivity contribution in [1.29, 1.82) is 0 Å². The Bertz CT molecular complexity index is 341. The van der Waals surface area contributed by atoms with Gasteiger partial charge >= 0.3 is 0 Å². The van der Waals surface area contributed by atoms with E-state index in [1.54, 1.807) is 19.1 Å². The van der Waals surface area contributed by atoms with E-state index in [0.29, 0.717) is 5.56 Å². The number of hydrogen-bond donors (Lipinski definition) is 2. The highest BCUT2D eigenvalue weighted by molar-refractivity contribution is 5.78. The van der Waals surface area contributed by atoms with Crippen LogP contribution in [0.3, 0.4) is 0 Å². The smallest absolute Gasteiger partial charge is 0.224 e. The topological polar surface area (TPSA) is 49.3 Å². The molecule has 0 fully saturated rings. The van der Waals surface area contributed by atoms with Crippen LogP contribution in [-0.2, 0) is 11.2 Å². The fraction of sp³-hybridized carbons (Fsp3) is 0.364. The number of carbonyl (C=O) groups is 1. The van der Waals surface area contributed by atoms with Crippen LogP contribution in [0.5, 0.6) is 0 Å². The lowest BCUT2D eigenvalue weighted by Gasteiger charge is -2.10. The van der Waals surface area contributed by atoms with Crippen LogP contribution in [0.4, 0.5) is 4.39 Å². The minimum Gasteiger partial charge on any atom is -0.394 e. The lowest BCUT2D eigenvalue weighted by Crippen LogP contribution is -2.35. The van der Waals surface area contributed by atoms with Crippen LogP contribution in [0.1, 0.15) is 12.5 Å². The summed E-state index contributed by atoms with van der Waals surface area (Å²) in [5.74, 6) is -0.572. The van der Waals surface area contributed by atoms with Crippen molar-refractivity contribution in [2.75, 3.05) is 6.61 Å². The Morgan fingerprint density at radius 2 is 2.33 bits per heavy atom. The molecule has 0 bridgehead atoms. The van der Waals surface area contributed by atoms with E-state index in [2.05, 4.69) is 5.32 Å². The monoisotopic (exact) mass is 211 g/mol. The van der Waals surface area contributed by atoms with Crippen LogP contribution in [0.25, 0.3) is 0 Å². The molecule has 1 amide bonds. The van der Waals surface area contributed by atoms with Gasteiger partial charge < -0.3 is 10.4 Å². The molecule has 0 unspecified atom stereocenters. The van der Waals surface area contributed by atoms with Gasteiger partial charge in [-0.2, -0.15) is 0 Å². The van der Waals surface area contributed by atoms with Gasteiger partial charge in [0.05, 0.1) is 13.0 Å². The van der Waals surface area contributed by atoms with Crippen molar-refractivity contribution in [3.63, 3.8) is 0 Å². The standard InChI is InChI=1S/C11H14FNO2/c1-8(7-14)13-11(15)6-9-3-2-4-10(12)5-9/h2-5,8,14H,6-7H2,1H3,(H,13,15)/t8-/m0/s1. The molecule has 1 atom stereocenters. The summed E-state index contributed by atoms with van der Waals surface area (Å²) in [6.45, 7) is 1.60. The fourth-order valence-corrected chi connectivity index (χ4v) is 1.20. The molecule has 1 aromatic rings. The van der Waals surface area contributed by atoms with Gasteiger partial charge in [0.25, 0.3) is 0 Å². The lowest BCUT2D eigenvalue weighted by molar-refractivity contribution is -0.121. The van der Waals surface area contributed by atoms with Crippen LogP contribution in [-0.4, -0.2) is 23.7 Å². The van der Waals surface area contributed by atoms with Gasteiger partial charge in [0.1, 0.15) is 5.82 Å². The Balaban J connectivity index is 2.51.